The van der Waals surface area contributed by atoms with E-state index in [9.17, 15) is 19.2 Å². The summed E-state index contributed by atoms with van der Waals surface area (Å²) in [6, 6.07) is -0.642. The summed E-state index contributed by atoms with van der Waals surface area (Å²) < 4.78 is 0. The lowest BCUT2D eigenvalue weighted by atomic mass is 9.90. The van der Waals surface area contributed by atoms with E-state index in [0.29, 0.717) is 13.0 Å². The van der Waals surface area contributed by atoms with Crippen LogP contribution in [0.3, 0.4) is 0 Å². The lowest BCUT2D eigenvalue weighted by Crippen LogP contribution is -2.50. The minimum Gasteiger partial charge on any atom is -0.481 e. The van der Waals surface area contributed by atoms with Crippen molar-refractivity contribution in [2.75, 3.05) is 13.1 Å². The van der Waals surface area contributed by atoms with Gasteiger partial charge in [-0.05, 0) is 25.7 Å². The number of hydrogen-bond donors (Lipinski definition) is 3. The van der Waals surface area contributed by atoms with Crippen molar-refractivity contribution < 1.29 is 29.4 Å². The highest BCUT2D eigenvalue weighted by atomic mass is 16.4. The molecule has 0 aromatic rings. The summed E-state index contributed by atoms with van der Waals surface area (Å²) in [6.45, 7) is 0.254. The predicted octanol–water partition coefficient (Wildman–Crippen LogP) is -0.149. The second-order valence-corrected chi connectivity index (χ2v) is 5.44. The van der Waals surface area contributed by atoms with E-state index >= 15 is 0 Å². The Labute approximate surface area is 128 Å². The van der Waals surface area contributed by atoms with Crippen LogP contribution < -0.4 is 5.73 Å². The number of ketones is 1. The molecule has 124 valence electrons. The molecule has 1 aliphatic rings. The first-order valence-electron chi connectivity index (χ1n) is 7.33. The zero-order chi connectivity index (χ0) is 16.7. The van der Waals surface area contributed by atoms with Gasteiger partial charge in [-0.2, -0.15) is 0 Å². The molecule has 4 N–H and O–H groups in total. The summed E-state index contributed by atoms with van der Waals surface area (Å²) >= 11 is 0. The van der Waals surface area contributed by atoms with Crippen LogP contribution in [0.25, 0.3) is 0 Å². The number of carboxylic acid groups (broad SMARTS) is 2. The van der Waals surface area contributed by atoms with Crippen molar-refractivity contribution in [2.24, 2.45) is 11.7 Å². The highest BCUT2D eigenvalue weighted by molar-refractivity contribution is 5.92. The van der Waals surface area contributed by atoms with Crippen LogP contribution in [0.1, 0.15) is 38.5 Å². The van der Waals surface area contributed by atoms with Crippen molar-refractivity contribution >= 4 is 23.6 Å². The summed E-state index contributed by atoms with van der Waals surface area (Å²) in [7, 11) is 0. The van der Waals surface area contributed by atoms with Crippen molar-refractivity contribution in [2.45, 2.75) is 44.6 Å². The fourth-order valence-corrected chi connectivity index (χ4v) is 2.67. The average molecular weight is 314 g/mol. The molecule has 1 amide bonds. The summed E-state index contributed by atoms with van der Waals surface area (Å²) in [6.07, 6.45) is 1.40. The monoisotopic (exact) mass is 314 g/mol. The zero-order valence-electron chi connectivity index (χ0n) is 12.4. The van der Waals surface area contributed by atoms with Crippen molar-refractivity contribution in [3.8, 4) is 0 Å². The number of Topliss-reactive ketones (excluding diaryl/α,β-unsaturated/α-hetero) is 1. The van der Waals surface area contributed by atoms with E-state index in [1.54, 1.807) is 0 Å². The van der Waals surface area contributed by atoms with Gasteiger partial charge >= 0.3 is 11.9 Å². The van der Waals surface area contributed by atoms with Crippen LogP contribution in [0.15, 0.2) is 0 Å². The Morgan fingerprint density at radius 3 is 2.41 bits per heavy atom. The summed E-state index contributed by atoms with van der Waals surface area (Å²) in [5.41, 5.74) is 5.33. The van der Waals surface area contributed by atoms with E-state index in [4.69, 9.17) is 15.9 Å². The Morgan fingerprint density at radius 2 is 1.86 bits per heavy atom. The Morgan fingerprint density at radius 1 is 1.18 bits per heavy atom. The number of carbonyl (C=O) groups is 4. The molecule has 1 rings (SSSR count). The van der Waals surface area contributed by atoms with Crippen LogP contribution in [0, 0.1) is 5.92 Å². The van der Waals surface area contributed by atoms with Gasteiger partial charge in [0.15, 0.2) is 5.78 Å². The molecule has 0 saturated carbocycles. The number of nitrogens with zero attached hydrogens (tertiary/aromatic N) is 1. The van der Waals surface area contributed by atoms with E-state index in [1.807, 2.05) is 0 Å². The van der Waals surface area contributed by atoms with Crippen molar-refractivity contribution in [1.29, 1.82) is 0 Å². The maximum Gasteiger partial charge on any atom is 0.306 e. The number of likely N-dealkylation sites (tertiary alicyclic amines) is 1. The van der Waals surface area contributed by atoms with Gasteiger partial charge in [0.2, 0.25) is 5.91 Å². The molecule has 0 aliphatic carbocycles. The standard InChI is InChI=1S/C14H22N2O6/c15-8-12(18)16-6-2-1-3-10(16)11(17)7-9(14(21)22)4-5-13(19)20/h9-10H,1-8,15H2,(H,19,20)(H,21,22)/t9-,10?/m1/s1. The maximum absolute atomic E-state index is 12.3. The van der Waals surface area contributed by atoms with E-state index in [-0.39, 0.29) is 37.5 Å². The van der Waals surface area contributed by atoms with Crippen molar-refractivity contribution in [3.63, 3.8) is 0 Å². The molecule has 1 saturated heterocycles. The summed E-state index contributed by atoms with van der Waals surface area (Å²) in [5, 5.41) is 17.7. The average Bonchev–Trinajstić information content (AvgIpc) is 2.49. The van der Waals surface area contributed by atoms with Gasteiger partial charge < -0.3 is 20.8 Å². The minimum atomic E-state index is -1.19. The third-order valence-corrected chi connectivity index (χ3v) is 3.87. The molecular formula is C14H22N2O6. The minimum absolute atomic E-state index is 0.103. The van der Waals surface area contributed by atoms with Crippen LogP contribution in [0.2, 0.25) is 0 Å². The number of carbonyl (C=O) groups excluding carboxylic acids is 2. The number of aliphatic carboxylic acids is 2. The third kappa shape index (κ3) is 5.10. The molecule has 1 fully saturated rings. The Balaban J connectivity index is 2.71. The second kappa shape index (κ2) is 8.47. The third-order valence-electron chi connectivity index (χ3n) is 3.87. The topological polar surface area (TPSA) is 138 Å². The van der Waals surface area contributed by atoms with Crippen LogP contribution in [0.4, 0.5) is 0 Å². The van der Waals surface area contributed by atoms with E-state index in [1.165, 1.54) is 4.90 Å². The molecule has 2 atom stereocenters. The number of rotatable bonds is 8. The molecule has 0 radical (unpaired) electrons. The largest absolute Gasteiger partial charge is 0.481 e. The van der Waals surface area contributed by atoms with E-state index in [2.05, 4.69) is 0 Å². The molecular weight excluding hydrogens is 292 g/mol. The molecule has 0 aromatic heterocycles. The normalized spacial score (nSPS) is 19.5. The molecule has 0 spiro atoms. The first kappa shape index (κ1) is 18.1. The van der Waals surface area contributed by atoms with Gasteiger partial charge in [-0.3, -0.25) is 19.2 Å². The fourth-order valence-electron chi connectivity index (χ4n) is 2.67. The number of carboxylic acids is 2. The van der Waals surface area contributed by atoms with Crippen molar-refractivity contribution in [1.82, 2.24) is 4.90 Å². The number of nitrogens with two attached hydrogens (primary N) is 1. The second-order valence-electron chi connectivity index (χ2n) is 5.44. The van der Waals surface area contributed by atoms with Crippen LogP contribution in [-0.4, -0.2) is 57.9 Å². The highest BCUT2D eigenvalue weighted by Crippen LogP contribution is 2.22. The Bertz CT molecular complexity index is 451. The van der Waals surface area contributed by atoms with Crippen LogP contribution in [-0.2, 0) is 19.2 Å². The summed E-state index contributed by atoms with van der Waals surface area (Å²) in [5.74, 6) is -3.99. The maximum atomic E-state index is 12.3. The highest BCUT2D eigenvalue weighted by Gasteiger charge is 2.33. The molecule has 1 heterocycles. The zero-order valence-corrected chi connectivity index (χ0v) is 12.4. The smallest absolute Gasteiger partial charge is 0.306 e. The first-order chi connectivity index (χ1) is 10.4. The predicted molar refractivity (Wildman–Crippen MR) is 76.0 cm³/mol. The fraction of sp³-hybridized carbons (Fsp3) is 0.714. The van der Waals surface area contributed by atoms with Gasteiger partial charge in [0.1, 0.15) is 0 Å². The number of piperidine rings is 1. The molecule has 22 heavy (non-hydrogen) atoms. The Kier molecular flexibility index (Phi) is 6.97. The lowest BCUT2D eigenvalue weighted by molar-refractivity contribution is -0.146. The quantitative estimate of drug-likeness (QED) is 0.566. The van der Waals surface area contributed by atoms with Gasteiger partial charge in [0.25, 0.3) is 0 Å². The van der Waals surface area contributed by atoms with Crippen LogP contribution in [0.5, 0.6) is 0 Å². The van der Waals surface area contributed by atoms with E-state index < -0.39 is 23.9 Å². The van der Waals surface area contributed by atoms with Gasteiger partial charge in [-0.1, -0.05) is 0 Å². The summed E-state index contributed by atoms with van der Waals surface area (Å²) in [4.78, 5) is 47.2. The molecule has 1 aliphatic heterocycles. The number of hydrogen-bond acceptors (Lipinski definition) is 5. The first-order valence-corrected chi connectivity index (χ1v) is 7.33. The van der Waals surface area contributed by atoms with Crippen molar-refractivity contribution in [3.05, 3.63) is 0 Å². The lowest BCUT2D eigenvalue weighted by Gasteiger charge is -2.35. The molecule has 8 nitrogen and oxygen atoms in total. The van der Waals surface area contributed by atoms with Gasteiger partial charge in [-0.15, -0.1) is 0 Å². The van der Waals surface area contributed by atoms with Gasteiger partial charge in [0.05, 0.1) is 18.5 Å². The van der Waals surface area contributed by atoms with E-state index in [0.717, 1.165) is 12.8 Å². The Hall–Kier alpha value is -1.96. The molecule has 0 bridgehead atoms. The van der Waals surface area contributed by atoms with Crippen LogP contribution >= 0.6 is 0 Å². The molecule has 8 heteroatoms. The molecule has 1 unspecified atom stereocenters. The van der Waals surface area contributed by atoms with Gasteiger partial charge in [-0.25, -0.2) is 0 Å². The molecule has 0 aromatic carbocycles. The van der Waals surface area contributed by atoms with Gasteiger partial charge in [0, 0.05) is 19.4 Å². The SMILES string of the molecule is NCC(=O)N1CCCCC1C(=O)C[C@@H](CCC(=O)O)C(=O)O. The number of amides is 1.